The maximum atomic E-state index is 13.8. The smallest absolute Gasteiger partial charge is 0.271 e. The summed E-state index contributed by atoms with van der Waals surface area (Å²) in [7, 11) is 3.29. The molecule has 1 aliphatic rings. The summed E-state index contributed by atoms with van der Waals surface area (Å²) in [6.07, 6.45) is 2.44. The van der Waals surface area contributed by atoms with Crippen LogP contribution in [0.5, 0.6) is 11.5 Å². The van der Waals surface area contributed by atoms with Crippen molar-refractivity contribution in [2.24, 2.45) is 0 Å². The van der Waals surface area contributed by atoms with Gasteiger partial charge in [0, 0.05) is 29.6 Å². The number of rotatable bonds is 4. The molecular weight excluding hydrogens is 392 g/mol. The van der Waals surface area contributed by atoms with Gasteiger partial charge in [0.1, 0.15) is 23.2 Å². The molecule has 0 radical (unpaired) electrons. The quantitative estimate of drug-likeness (QED) is 0.527. The molecule has 4 aromatic rings. The summed E-state index contributed by atoms with van der Waals surface area (Å²) in [6.45, 7) is 2.57. The predicted molar refractivity (Wildman–Crippen MR) is 118 cm³/mol. The van der Waals surface area contributed by atoms with Crippen LogP contribution in [0.25, 0.3) is 10.9 Å². The van der Waals surface area contributed by atoms with Crippen LogP contribution in [0.15, 0.2) is 48.8 Å². The van der Waals surface area contributed by atoms with Crippen LogP contribution >= 0.6 is 0 Å². The monoisotopic (exact) mass is 416 g/mol. The van der Waals surface area contributed by atoms with Crippen LogP contribution < -0.4 is 9.47 Å². The minimum absolute atomic E-state index is 0.0397. The number of benzene rings is 2. The number of aromatic amines is 2. The Morgan fingerprint density at radius 2 is 1.84 bits per heavy atom. The maximum absolute atomic E-state index is 13.8. The third-order valence-electron chi connectivity index (χ3n) is 6.10. The molecule has 1 unspecified atom stereocenters. The highest BCUT2D eigenvalue weighted by Crippen LogP contribution is 2.36. The van der Waals surface area contributed by atoms with E-state index in [4.69, 9.17) is 9.47 Å². The number of hydrogen-bond donors (Lipinski definition) is 2. The van der Waals surface area contributed by atoms with Crippen molar-refractivity contribution in [1.82, 2.24) is 19.9 Å². The molecule has 7 heteroatoms. The number of fused-ring (bicyclic) bond motifs is 2. The molecule has 7 nitrogen and oxygen atoms in total. The molecule has 5 rings (SSSR count). The standard InChI is InChI=1S/C24H24N4O3/c1-14-18-12-17(31-3)8-9-19(18)27-21(14)24(29)28-11-10-20-22(26-13-25-20)23(28)15-4-6-16(30-2)7-5-15/h4-9,12-13,23,27H,10-11H2,1-3H3,(H,25,26). The Bertz CT molecular complexity index is 1260. The highest BCUT2D eigenvalue weighted by atomic mass is 16.5. The van der Waals surface area contributed by atoms with Crippen LogP contribution in [-0.2, 0) is 6.42 Å². The number of aryl methyl sites for hydroxylation is 1. The fourth-order valence-corrected chi connectivity index (χ4v) is 4.41. The van der Waals surface area contributed by atoms with Crippen molar-refractivity contribution in [3.8, 4) is 11.5 Å². The number of H-pyrrole nitrogens is 2. The second-order valence-electron chi connectivity index (χ2n) is 7.73. The minimum atomic E-state index is -0.270. The molecule has 0 fully saturated rings. The number of nitrogens with one attached hydrogen (secondary N) is 2. The van der Waals surface area contributed by atoms with Crippen molar-refractivity contribution >= 4 is 16.8 Å². The lowest BCUT2D eigenvalue weighted by Crippen LogP contribution is -2.41. The molecule has 1 atom stereocenters. The average Bonchev–Trinajstić information content (AvgIpc) is 3.42. The summed E-state index contributed by atoms with van der Waals surface area (Å²) < 4.78 is 10.7. The van der Waals surface area contributed by atoms with E-state index in [1.807, 2.05) is 54.3 Å². The van der Waals surface area contributed by atoms with Gasteiger partial charge in [-0.25, -0.2) is 4.98 Å². The lowest BCUT2D eigenvalue weighted by molar-refractivity contribution is 0.0685. The van der Waals surface area contributed by atoms with Crippen LogP contribution in [0.4, 0.5) is 0 Å². The predicted octanol–water partition coefficient (Wildman–Crippen LogP) is 4.00. The first-order valence-corrected chi connectivity index (χ1v) is 10.2. The zero-order valence-corrected chi connectivity index (χ0v) is 17.7. The van der Waals surface area contributed by atoms with E-state index >= 15 is 0 Å². The SMILES string of the molecule is COc1ccc(C2c3nc[nH]c3CCN2C(=O)c2[nH]c3ccc(OC)cc3c2C)cc1. The summed E-state index contributed by atoms with van der Waals surface area (Å²) in [5, 5.41) is 0.987. The molecule has 0 saturated carbocycles. The Hall–Kier alpha value is -3.74. The van der Waals surface area contributed by atoms with Gasteiger partial charge in [0.25, 0.3) is 5.91 Å². The van der Waals surface area contributed by atoms with Crippen molar-refractivity contribution in [3.05, 3.63) is 77.0 Å². The Labute approximate surface area is 180 Å². The van der Waals surface area contributed by atoms with Crippen molar-refractivity contribution < 1.29 is 14.3 Å². The summed E-state index contributed by atoms with van der Waals surface area (Å²) in [5.41, 5.74) is 5.39. The summed E-state index contributed by atoms with van der Waals surface area (Å²) >= 11 is 0. The number of ether oxygens (including phenoxy) is 2. The molecule has 1 amide bonds. The van der Waals surface area contributed by atoms with Gasteiger partial charge >= 0.3 is 0 Å². The molecule has 2 aromatic carbocycles. The number of methoxy groups -OCH3 is 2. The molecular formula is C24H24N4O3. The normalized spacial score (nSPS) is 15.7. The topological polar surface area (TPSA) is 83.2 Å². The van der Waals surface area contributed by atoms with Crippen LogP contribution in [0.1, 0.15) is 39.0 Å². The largest absolute Gasteiger partial charge is 0.497 e. The van der Waals surface area contributed by atoms with E-state index in [2.05, 4.69) is 15.0 Å². The molecule has 3 heterocycles. The molecule has 0 spiro atoms. The van der Waals surface area contributed by atoms with Gasteiger partial charge in [0.2, 0.25) is 0 Å². The zero-order valence-electron chi connectivity index (χ0n) is 17.7. The molecule has 0 bridgehead atoms. The molecule has 0 aliphatic carbocycles. The van der Waals surface area contributed by atoms with Crippen molar-refractivity contribution in [2.75, 3.05) is 20.8 Å². The molecule has 158 valence electrons. The fraction of sp³-hybridized carbons (Fsp3) is 0.250. The Kier molecular flexibility index (Phi) is 4.66. The Morgan fingerprint density at radius 1 is 1.10 bits per heavy atom. The van der Waals surface area contributed by atoms with Gasteiger partial charge in [0.15, 0.2) is 0 Å². The van der Waals surface area contributed by atoms with Gasteiger partial charge in [-0.15, -0.1) is 0 Å². The van der Waals surface area contributed by atoms with E-state index in [9.17, 15) is 4.79 Å². The lowest BCUT2D eigenvalue weighted by Gasteiger charge is -2.35. The van der Waals surface area contributed by atoms with E-state index in [1.54, 1.807) is 20.5 Å². The third kappa shape index (κ3) is 3.13. The average molecular weight is 416 g/mol. The van der Waals surface area contributed by atoms with E-state index in [1.165, 1.54) is 0 Å². The van der Waals surface area contributed by atoms with Gasteiger partial charge in [-0.1, -0.05) is 12.1 Å². The number of carbonyl (C=O) groups is 1. The summed E-state index contributed by atoms with van der Waals surface area (Å²) in [4.78, 5) is 26.8. The number of hydrogen-bond acceptors (Lipinski definition) is 4. The van der Waals surface area contributed by atoms with Gasteiger partial charge < -0.3 is 24.3 Å². The Morgan fingerprint density at radius 3 is 2.58 bits per heavy atom. The van der Waals surface area contributed by atoms with E-state index in [-0.39, 0.29) is 11.9 Å². The van der Waals surface area contributed by atoms with Crippen LogP contribution in [0.2, 0.25) is 0 Å². The second-order valence-corrected chi connectivity index (χ2v) is 7.73. The minimum Gasteiger partial charge on any atom is -0.497 e. The van der Waals surface area contributed by atoms with Crippen LogP contribution in [0.3, 0.4) is 0 Å². The first-order chi connectivity index (χ1) is 15.1. The van der Waals surface area contributed by atoms with Gasteiger partial charge in [0.05, 0.1) is 26.2 Å². The van der Waals surface area contributed by atoms with Crippen molar-refractivity contribution in [2.45, 2.75) is 19.4 Å². The maximum Gasteiger partial charge on any atom is 0.271 e. The Balaban J connectivity index is 1.58. The number of imidazole rings is 1. The molecule has 2 aromatic heterocycles. The first kappa shape index (κ1) is 19.2. The summed E-state index contributed by atoms with van der Waals surface area (Å²) in [5.74, 6) is 1.51. The zero-order chi connectivity index (χ0) is 21.5. The fourth-order valence-electron chi connectivity index (χ4n) is 4.41. The van der Waals surface area contributed by atoms with Crippen molar-refractivity contribution in [3.63, 3.8) is 0 Å². The van der Waals surface area contributed by atoms with Gasteiger partial charge in [-0.2, -0.15) is 0 Å². The molecule has 0 saturated heterocycles. The number of aromatic nitrogens is 3. The highest BCUT2D eigenvalue weighted by Gasteiger charge is 2.35. The third-order valence-corrected chi connectivity index (χ3v) is 6.10. The molecule has 1 aliphatic heterocycles. The van der Waals surface area contributed by atoms with Gasteiger partial charge in [-0.3, -0.25) is 4.79 Å². The number of carbonyl (C=O) groups excluding carboxylic acids is 1. The van der Waals surface area contributed by atoms with Crippen LogP contribution in [-0.4, -0.2) is 46.5 Å². The van der Waals surface area contributed by atoms with Crippen LogP contribution in [0, 0.1) is 6.92 Å². The first-order valence-electron chi connectivity index (χ1n) is 10.2. The van der Waals surface area contributed by atoms with E-state index in [0.29, 0.717) is 12.2 Å². The molecule has 2 N–H and O–H groups in total. The number of amides is 1. The van der Waals surface area contributed by atoms with E-state index < -0.39 is 0 Å². The number of nitrogens with zero attached hydrogens (tertiary/aromatic N) is 2. The highest BCUT2D eigenvalue weighted by molar-refractivity contribution is 6.01. The molecule has 31 heavy (non-hydrogen) atoms. The van der Waals surface area contributed by atoms with Crippen molar-refractivity contribution in [1.29, 1.82) is 0 Å². The summed E-state index contributed by atoms with van der Waals surface area (Å²) in [6, 6.07) is 13.4. The second kappa shape index (κ2) is 7.50. The van der Waals surface area contributed by atoms with Gasteiger partial charge in [-0.05, 0) is 48.4 Å². The van der Waals surface area contributed by atoms with E-state index in [0.717, 1.165) is 51.3 Å². The lowest BCUT2D eigenvalue weighted by atomic mass is 9.95.